The molecule has 0 radical (unpaired) electrons. The van der Waals surface area contributed by atoms with E-state index in [0.717, 1.165) is 4.47 Å². The van der Waals surface area contributed by atoms with Crippen LogP contribution in [0.4, 0.5) is 16.2 Å². The third kappa shape index (κ3) is 2.45. The zero-order chi connectivity index (χ0) is 13.9. The van der Waals surface area contributed by atoms with Gasteiger partial charge in [-0.1, -0.05) is 17.3 Å². The predicted molar refractivity (Wildman–Crippen MR) is 78.5 cm³/mol. The fourth-order valence-electron chi connectivity index (χ4n) is 1.70. The molecule has 3 rings (SSSR count). The molecule has 7 nitrogen and oxygen atoms in total. The lowest BCUT2D eigenvalue weighted by atomic mass is 10.3. The van der Waals surface area contributed by atoms with Crippen molar-refractivity contribution >= 4 is 44.5 Å². The summed E-state index contributed by atoms with van der Waals surface area (Å²) in [6.07, 6.45) is 1.55. The molecule has 20 heavy (non-hydrogen) atoms. The molecule has 0 fully saturated rings. The number of nitrogens with zero attached hydrogens (tertiary/aromatic N) is 3. The maximum Gasteiger partial charge on any atom is 0.323 e. The van der Waals surface area contributed by atoms with Crippen LogP contribution in [0.2, 0.25) is 0 Å². The van der Waals surface area contributed by atoms with Crippen molar-refractivity contribution in [3.63, 3.8) is 0 Å². The Kier molecular flexibility index (Phi) is 3.30. The Morgan fingerprint density at radius 1 is 1.15 bits per heavy atom. The van der Waals surface area contributed by atoms with Gasteiger partial charge in [-0.05, 0) is 34.1 Å². The molecule has 0 saturated heterocycles. The number of hydrogen-bond acceptors (Lipinski definition) is 4. The summed E-state index contributed by atoms with van der Waals surface area (Å²) in [5.41, 5.74) is 2.26. The van der Waals surface area contributed by atoms with Crippen LogP contribution in [-0.4, -0.2) is 26.4 Å². The van der Waals surface area contributed by atoms with Crippen LogP contribution in [0.5, 0.6) is 0 Å². The predicted octanol–water partition coefficient (Wildman–Crippen LogP) is 2.76. The zero-order valence-electron chi connectivity index (χ0n) is 10.1. The minimum atomic E-state index is -0.362. The molecule has 2 amide bonds. The topological polar surface area (TPSA) is 95.6 Å². The van der Waals surface area contributed by atoms with Gasteiger partial charge in [0.05, 0.1) is 11.4 Å². The average Bonchev–Trinajstić information content (AvgIpc) is 2.91. The van der Waals surface area contributed by atoms with E-state index in [1.807, 2.05) is 18.2 Å². The van der Waals surface area contributed by atoms with Gasteiger partial charge in [-0.25, -0.2) is 9.78 Å². The van der Waals surface area contributed by atoms with Crippen LogP contribution in [0.25, 0.3) is 11.2 Å². The third-order valence-electron chi connectivity index (χ3n) is 2.61. The first-order valence-electron chi connectivity index (χ1n) is 5.72. The number of carbonyl (C=O) groups is 1. The van der Waals surface area contributed by atoms with Crippen molar-refractivity contribution < 1.29 is 4.79 Å². The van der Waals surface area contributed by atoms with Crippen molar-refractivity contribution in [3.05, 3.63) is 41.0 Å². The lowest BCUT2D eigenvalue weighted by molar-refractivity contribution is 0.262. The molecule has 0 saturated carbocycles. The number of H-pyrrole nitrogens is 1. The van der Waals surface area contributed by atoms with Crippen molar-refractivity contribution in [1.82, 2.24) is 20.4 Å². The van der Waals surface area contributed by atoms with Gasteiger partial charge in [-0.2, -0.15) is 0 Å². The molecule has 3 aromatic rings. The highest BCUT2D eigenvalue weighted by Gasteiger charge is 2.09. The summed E-state index contributed by atoms with van der Waals surface area (Å²) < 4.78 is 0.804. The number of pyridine rings is 1. The monoisotopic (exact) mass is 332 g/mol. The number of benzene rings is 1. The van der Waals surface area contributed by atoms with E-state index in [4.69, 9.17) is 0 Å². The van der Waals surface area contributed by atoms with Crippen LogP contribution in [0.1, 0.15) is 0 Å². The minimum Gasteiger partial charge on any atom is -0.307 e. The maximum absolute atomic E-state index is 12.0. The number of hydrogen-bond donors (Lipinski definition) is 3. The van der Waals surface area contributed by atoms with Crippen LogP contribution < -0.4 is 10.6 Å². The number of aromatic nitrogens is 4. The first-order chi connectivity index (χ1) is 9.74. The van der Waals surface area contributed by atoms with Crippen molar-refractivity contribution in [1.29, 1.82) is 0 Å². The number of fused-ring (bicyclic) bond motifs is 1. The first kappa shape index (κ1) is 12.5. The Labute approximate surface area is 121 Å². The summed E-state index contributed by atoms with van der Waals surface area (Å²) in [6, 6.07) is 8.66. The lowest BCUT2D eigenvalue weighted by Crippen LogP contribution is -2.19. The van der Waals surface area contributed by atoms with Gasteiger partial charge in [0, 0.05) is 10.7 Å². The van der Waals surface area contributed by atoms with Crippen LogP contribution in [0.3, 0.4) is 0 Å². The lowest BCUT2D eigenvalue weighted by Gasteiger charge is -2.09. The van der Waals surface area contributed by atoms with Gasteiger partial charge >= 0.3 is 6.03 Å². The smallest absolute Gasteiger partial charge is 0.307 e. The second-order valence-corrected chi connectivity index (χ2v) is 4.78. The molecular weight excluding hydrogens is 324 g/mol. The van der Waals surface area contributed by atoms with E-state index in [9.17, 15) is 4.79 Å². The van der Waals surface area contributed by atoms with Crippen molar-refractivity contribution in [2.24, 2.45) is 0 Å². The number of amides is 2. The molecule has 0 aliphatic carbocycles. The van der Waals surface area contributed by atoms with Crippen LogP contribution >= 0.6 is 15.9 Å². The molecule has 3 N–H and O–H groups in total. The average molecular weight is 333 g/mol. The largest absolute Gasteiger partial charge is 0.323 e. The van der Waals surface area contributed by atoms with Crippen LogP contribution in [0.15, 0.2) is 41.0 Å². The van der Waals surface area contributed by atoms with Crippen molar-refractivity contribution in [2.45, 2.75) is 0 Å². The van der Waals surface area contributed by atoms with Crippen molar-refractivity contribution in [2.75, 3.05) is 10.6 Å². The summed E-state index contributed by atoms with van der Waals surface area (Å²) >= 11 is 3.37. The van der Waals surface area contributed by atoms with Crippen LogP contribution in [-0.2, 0) is 0 Å². The minimum absolute atomic E-state index is 0.362. The number of anilines is 2. The number of aromatic amines is 1. The molecule has 0 aliphatic rings. The normalized spacial score (nSPS) is 10.4. The molecule has 8 heteroatoms. The SMILES string of the molecule is O=C(Nc1ccccc1Br)Nc1ccnc2nn[nH]c12. The Balaban J connectivity index is 1.80. The van der Waals surface area contributed by atoms with Gasteiger partial charge < -0.3 is 10.6 Å². The number of urea groups is 1. The number of carbonyl (C=O) groups excluding carboxylic acids is 1. The Morgan fingerprint density at radius 2 is 1.95 bits per heavy atom. The number of rotatable bonds is 2. The van der Waals surface area contributed by atoms with Gasteiger partial charge in [0.2, 0.25) is 5.65 Å². The summed E-state index contributed by atoms with van der Waals surface area (Å²) in [4.78, 5) is 16.0. The molecule has 0 unspecified atom stereocenters. The van der Waals surface area contributed by atoms with E-state index in [1.165, 1.54) is 0 Å². The zero-order valence-corrected chi connectivity index (χ0v) is 11.7. The number of para-hydroxylation sites is 1. The third-order valence-corrected chi connectivity index (χ3v) is 3.30. The highest BCUT2D eigenvalue weighted by molar-refractivity contribution is 9.10. The molecule has 0 aliphatic heterocycles. The molecule has 2 aromatic heterocycles. The van der Waals surface area contributed by atoms with E-state index < -0.39 is 0 Å². The molecule has 1 aromatic carbocycles. The molecule has 2 heterocycles. The quantitative estimate of drug-likeness (QED) is 0.672. The fourth-order valence-corrected chi connectivity index (χ4v) is 2.09. The van der Waals surface area contributed by atoms with Gasteiger partial charge in [-0.15, -0.1) is 5.10 Å². The second-order valence-electron chi connectivity index (χ2n) is 3.93. The summed E-state index contributed by atoms with van der Waals surface area (Å²) in [5, 5.41) is 15.6. The van der Waals surface area contributed by atoms with E-state index >= 15 is 0 Å². The summed E-state index contributed by atoms with van der Waals surface area (Å²) in [5.74, 6) is 0. The van der Waals surface area contributed by atoms with Gasteiger partial charge in [-0.3, -0.25) is 5.10 Å². The Hall–Kier alpha value is -2.48. The van der Waals surface area contributed by atoms with E-state index in [-0.39, 0.29) is 6.03 Å². The number of nitrogens with one attached hydrogen (secondary N) is 3. The first-order valence-corrected chi connectivity index (χ1v) is 6.51. The van der Waals surface area contributed by atoms with Crippen molar-refractivity contribution in [3.8, 4) is 0 Å². The fraction of sp³-hybridized carbons (Fsp3) is 0. The Morgan fingerprint density at radius 3 is 2.80 bits per heavy atom. The summed E-state index contributed by atoms with van der Waals surface area (Å²) in [7, 11) is 0. The molecule has 0 spiro atoms. The second kappa shape index (κ2) is 5.25. The molecule has 0 bridgehead atoms. The van der Waals surface area contributed by atoms with Gasteiger partial charge in [0.1, 0.15) is 5.52 Å². The molecule has 100 valence electrons. The standard InChI is InChI=1S/C12H9BrN6O/c13-7-3-1-2-4-8(7)15-12(20)16-9-5-6-14-11-10(9)17-19-18-11/h1-6H,(H3,14,15,16,17,18,19,20). The van der Waals surface area contributed by atoms with E-state index in [0.29, 0.717) is 22.5 Å². The highest BCUT2D eigenvalue weighted by atomic mass is 79.9. The number of halogens is 1. The summed E-state index contributed by atoms with van der Waals surface area (Å²) in [6.45, 7) is 0. The van der Waals surface area contributed by atoms with Gasteiger partial charge in [0.25, 0.3) is 0 Å². The van der Waals surface area contributed by atoms with E-state index in [1.54, 1.807) is 18.3 Å². The molecule has 0 atom stereocenters. The highest BCUT2D eigenvalue weighted by Crippen LogP contribution is 2.22. The maximum atomic E-state index is 12.0. The van der Waals surface area contributed by atoms with Gasteiger partial charge in [0.15, 0.2) is 0 Å². The molecular formula is C12H9BrN6O. The van der Waals surface area contributed by atoms with E-state index in [2.05, 4.69) is 47.0 Å². The van der Waals surface area contributed by atoms with Crippen LogP contribution in [0, 0.1) is 0 Å². The Bertz CT molecular complexity index is 771.